The molecule has 3 N–H and O–H groups in total. The quantitative estimate of drug-likeness (QED) is 0.791. The van der Waals surface area contributed by atoms with Gasteiger partial charge >= 0.3 is 5.97 Å². The SMILES string of the molecule is CC(c1ccc(O)cc1)c1cccc(C(=O)O)c1O. The Morgan fingerprint density at radius 1 is 1.05 bits per heavy atom. The number of benzene rings is 2. The molecule has 4 heteroatoms. The second kappa shape index (κ2) is 5.02. The predicted octanol–water partition coefficient (Wildman–Crippen LogP) is 2.95. The fraction of sp³-hybridized carbons (Fsp3) is 0.133. The molecule has 2 aromatic carbocycles. The van der Waals surface area contributed by atoms with Crippen LogP contribution in [0.2, 0.25) is 0 Å². The normalized spacial score (nSPS) is 12.1. The molecule has 0 spiro atoms. The molecule has 19 heavy (non-hydrogen) atoms. The number of para-hydroxylation sites is 1. The highest BCUT2D eigenvalue weighted by molar-refractivity contribution is 5.91. The van der Waals surface area contributed by atoms with Crippen molar-refractivity contribution < 1.29 is 20.1 Å². The van der Waals surface area contributed by atoms with E-state index in [2.05, 4.69) is 0 Å². The largest absolute Gasteiger partial charge is 0.508 e. The first-order valence-corrected chi connectivity index (χ1v) is 5.85. The van der Waals surface area contributed by atoms with Gasteiger partial charge in [0.1, 0.15) is 17.1 Å². The molecule has 98 valence electrons. The van der Waals surface area contributed by atoms with Gasteiger partial charge in [-0.15, -0.1) is 0 Å². The fourth-order valence-corrected chi connectivity index (χ4v) is 2.03. The highest BCUT2D eigenvalue weighted by atomic mass is 16.4. The van der Waals surface area contributed by atoms with Gasteiger partial charge < -0.3 is 15.3 Å². The predicted molar refractivity (Wildman–Crippen MR) is 70.7 cm³/mol. The Morgan fingerprint density at radius 3 is 2.26 bits per heavy atom. The summed E-state index contributed by atoms with van der Waals surface area (Å²) in [6.45, 7) is 1.87. The summed E-state index contributed by atoms with van der Waals surface area (Å²) >= 11 is 0. The lowest BCUT2D eigenvalue weighted by atomic mass is 9.91. The fourth-order valence-electron chi connectivity index (χ4n) is 2.03. The summed E-state index contributed by atoms with van der Waals surface area (Å²) in [6.07, 6.45) is 0. The molecule has 0 bridgehead atoms. The molecule has 0 aliphatic carbocycles. The third kappa shape index (κ3) is 2.52. The number of phenolic OH excluding ortho intramolecular Hbond substituents is 1. The van der Waals surface area contributed by atoms with Crippen molar-refractivity contribution in [2.24, 2.45) is 0 Å². The molecule has 0 aliphatic heterocycles. The first-order chi connectivity index (χ1) is 9.00. The van der Waals surface area contributed by atoms with Crippen LogP contribution in [0.4, 0.5) is 0 Å². The second-order valence-electron chi connectivity index (χ2n) is 4.36. The van der Waals surface area contributed by atoms with Gasteiger partial charge in [-0.05, 0) is 23.8 Å². The first-order valence-electron chi connectivity index (χ1n) is 5.85. The van der Waals surface area contributed by atoms with Gasteiger partial charge in [0, 0.05) is 11.5 Å². The lowest BCUT2D eigenvalue weighted by molar-refractivity contribution is 0.0693. The molecule has 1 unspecified atom stereocenters. The molecule has 0 radical (unpaired) electrons. The van der Waals surface area contributed by atoms with Crippen LogP contribution in [0.25, 0.3) is 0 Å². The van der Waals surface area contributed by atoms with Crippen LogP contribution in [0.5, 0.6) is 11.5 Å². The van der Waals surface area contributed by atoms with Crippen molar-refractivity contribution in [3.05, 3.63) is 59.2 Å². The molecule has 0 heterocycles. The van der Waals surface area contributed by atoms with Crippen LogP contribution in [-0.4, -0.2) is 21.3 Å². The molecule has 0 saturated carbocycles. The topological polar surface area (TPSA) is 77.8 Å². The summed E-state index contributed by atoms with van der Waals surface area (Å²) in [6, 6.07) is 11.3. The summed E-state index contributed by atoms with van der Waals surface area (Å²) in [5.74, 6) is -1.37. The summed E-state index contributed by atoms with van der Waals surface area (Å²) < 4.78 is 0. The van der Waals surface area contributed by atoms with Gasteiger partial charge in [0.15, 0.2) is 0 Å². The van der Waals surface area contributed by atoms with Crippen LogP contribution in [0, 0.1) is 0 Å². The highest BCUT2D eigenvalue weighted by Crippen LogP contribution is 2.33. The number of hydrogen-bond donors (Lipinski definition) is 3. The van der Waals surface area contributed by atoms with Gasteiger partial charge in [0.2, 0.25) is 0 Å². The zero-order chi connectivity index (χ0) is 14.0. The van der Waals surface area contributed by atoms with E-state index in [0.717, 1.165) is 5.56 Å². The van der Waals surface area contributed by atoms with E-state index in [1.54, 1.807) is 36.4 Å². The summed E-state index contributed by atoms with van der Waals surface area (Å²) in [5, 5.41) is 28.3. The van der Waals surface area contributed by atoms with Gasteiger partial charge in [-0.3, -0.25) is 0 Å². The first kappa shape index (κ1) is 13.0. The van der Waals surface area contributed by atoms with Crippen LogP contribution in [0.3, 0.4) is 0 Å². The molecule has 2 rings (SSSR count). The minimum absolute atomic E-state index is 0.108. The molecule has 4 nitrogen and oxygen atoms in total. The smallest absolute Gasteiger partial charge is 0.339 e. The molecule has 2 aromatic rings. The van der Waals surface area contributed by atoms with Crippen molar-refractivity contribution >= 4 is 5.97 Å². The molecular weight excluding hydrogens is 244 g/mol. The molecule has 1 atom stereocenters. The third-order valence-corrected chi connectivity index (χ3v) is 3.16. The molecule has 0 fully saturated rings. The van der Waals surface area contributed by atoms with Crippen molar-refractivity contribution in [2.45, 2.75) is 12.8 Å². The van der Waals surface area contributed by atoms with Crippen LogP contribution in [0.15, 0.2) is 42.5 Å². The monoisotopic (exact) mass is 258 g/mol. The average Bonchev–Trinajstić information content (AvgIpc) is 2.38. The molecule has 0 amide bonds. The highest BCUT2D eigenvalue weighted by Gasteiger charge is 2.18. The van der Waals surface area contributed by atoms with E-state index in [-0.39, 0.29) is 23.0 Å². The zero-order valence-corrected chi connectivity index (χ0v) is 10.4. The Morgan fingerprint density at radius 2 is 1.68 bits per heavy atom. The maximum absolute atomic E-state index is 11.0. The Hall–Kier alpha value is -2.49. The number of aromatic hydroxyl groups is 2. The number of carbonyl (C=O) groups is 1. The van der Waals surface area contributed by atoms with Crippen molar-refractivity contribution in [3.8, 4) is 11.5 Å². The summed E-state index contributed by atoms with van der Waals surface area (Å²) in [7, 11) is 0. The van der Waals surface area contributed by atoms with E-state index in [1.165, 1.54) is 6.07 Å². The number of rotatable bonds is 3. The van der Waals surface area contributed by atoms with Gasteiger partial charge in [-0.25, -0.2) is 4.79 Å². The lowest BCUT2D eigenvalue weighted by Crippen LogP contribution is -2.02. The molecule has 0 aliphatic rings. The van der Waals surface area contributed by atoms with Crippen molar-refractivity contribution in [3.63, 3.8) is 0 Å². The van der Waals surface area contributed by atoms with E-state index >= 15 is 0 Å². The lowest BCUT2D eigenvalue weighted by Gasteiger charge is -2.15. The van der Waals surface area contributed by atoms with E-state index in [1.807, 2.05) is 6.92 Å². The van der Waals surface area contributed by atoms with Crippen molar-refractivity contribution in [1.29, 1.82) is 0 Å². The number of carboxylic acids is 1. The van der Waals surface area contributed by atoms with Gasteiger partial charge in [0.05, 0.1) is 0 Å². The standard InChI is InChI=1S/C15H14O4/c1-9(10-5-7-11(16)8-6-10)12-3-2-4-13(14(12)17)15(18)19/h2-9,16-17H,1H3,(H,18,19). The van der Waals surface area contributed by atoms with Gasteiger partial charge in [-0.2, -0.15) is 0 Å². The van der Waals surface area contributed by atoms with Crippen molar-refractivity contribution in [1.82, 2.24) is 0 Å². The number of aromatic carboxylic acids is 1. The van der Waals surface area contributed by atoms with Crippen LogP contribution < -0.4 is 0 Å². The average molecular weight is 258 g/mol. The van der Waals surface area contributed by atoms with Gasteiger partial charge in [-0.1, -0.05) is 31.2 Å². The van der Waals surface area contributed by atoms with E-state index in [0.29, 0.717) is 5.56 Å². The van der Waals surface area contributed by atoms with Gasteiger partial charge in [0.25, 0.3) is 0 Å². The molecule has 0 saturated heterocycles. The number of carboxylic acid groups (broad SMARTS) is 1. The number of hydrogen-bond acceptors (Lipinski definition) is 3. The second-order valence-corrected chi connectivity index (χ2v) is 4.36. The molecule has 0 aromatic heterocycles. The summed E-state index contributed by atoms with van der Waals surface area (Å²) in [4.78, 5) is 11.0. The molecular formula is C15H14O4. The van der Waals surface area contributed by atoms with Crippen LogP contribution >= 0.6 is 0 Å². The van der Waals surface area contributed by atoms with E-state index < -0.39 is 5.97 Å². The zero-order valence-electron chi connectivity index (χ0n) is 10.4. The Labute approximate surface area is 110 Å². The Kier molecular flexibility index (Phi) is 3.42. The van der Waals surface area contributed by atoms with E-state index in [4.69, 9.17) is 5.11 Å². The van der Waals surface area contributed by atoms with E-state index in [9.17, 15) is 15.0 Å². The maximum atomic E-state index is 11.0. The summed E-state index contributed by atoms with van der Waals surface area (Å²) in [5.41, 5.74) is 1.32. The van der Waals surface area contributed by atoms with Crippen LogP contribution in [-0.2, 0) is 0 Å². The van der Waals surface area contributed by atoms with Crippen LogP contribution in [0.1, 0.15) is 34.3 Å². The third-order valence-electron chi connectivity index (χ3n) is 3.16. The van der Waals surface area contributed by atoms with Crippen molar-refractivity contribution in [2.75, 3.05) is 0 Å². The number of phenols is 2. The Balaban J connectivity index is 2.44. The maximum Gasteiger partial charge on any atom is 0.339 e. The minimum Gasteiger partial charge on any atom is -0.508 e. The Bertz CT molecular complexity index is 602. The minimum atomic E-state index is -1.16.